The lowest BCUT2D eigenvalue weighted by molar-refractivity contribution is -0.138. The van der Waals surface area contributed by atoms with Gasteiger partial charge >= 0.3 is 5.97 Å². The van der Waals surface area contributed by atoms with E-state index >= 15 is 0 Å². The lowest BCUT2D eigenvalue weighted by Crippen LogP contribution is -2.40. The maximum atomic E-state index is 10.2. The fourth-order valence-electron chi connectivity index (χ4n) is 0.450. The van der Waals surface area contributed by atoms with Crippen LogP contribution in [0.5, 0.6) is 0 Å². The average molecular weight is 146 g/mol. The van der Waals surface area contributed by atoms with Crippen molar-refractivity contribution in [3.63, 3.8) is 0 Å². The van der Waals surface area contributed by atoms with Crippen LogP contribution < -0.4 is 11.1 Å². The molecule has 0 bridgehead atoms. The second-order valence-corrected chi connectivity index (χ2v) is 2.45. The Labute approximate surface area is 60.4 Å². The Balaban J connectivity index is 3.40. The van der Waals surface area contributed by atoms with Crippen LogP contribution in [0.15, 0.2) is 0 Å². The Hall–Kier alpha value is -0.610. The van der Waals surface area contributed by atoms with E-state index in [0.717, 1.165) is 0 Å². The summed E-state index contributed by atoms with van der Waals surface area (Å²) in [5.41, 5.74) is 5.39. The molecule has 4 N–H and O–H groups in total. The van der Waals surface area contributed by atoms with Crippen molar-refractivity contribution in [2.24, 2.45) is 5.73 Å². The summed E-state index contributed by atoms with van der Waals surface area (Å²) < 4.78 is 0. The third-order valence-electron chi connectivity index (χ3n) is 1.12. The van der Waals surface area contributed by atoms with Gasteiger partial charge in [0, 0.05) is 12.6 Å². The Morgan fingerprint density at radius 2 is 2.20 bits per heavy atom. The Morgan fingerprint density at radius 3 is 2.50 bits per heavy atom. The van der Waals surface area contributed by atoms with Gasteiger partial charge in [0.2, 0.25) is 0 Å². The summed E-state index contributed by atoms with van der Waals surface area (Å²) in [4.78, 5) is 10.2. The molecule has 10 heavy (non-hydrogen) atoms. The average Bonchev–Trinajstić information content (AvgIpc) is 1.82. The van der Waals surface area contributed by atoms with Gasteiger partial charge in [-0.3, -0.25) is 4.79 Å². The smallest absolute Gasteiger partial charge is 0.320 e. The van der Waals surface area contributed by atoms with Crippen molar-refractivity contribution in [3.8, 4) is 0 Å². The Kier molecular flexibility index (Phi) is 3.99. The minimum absolute atomic E-state index is 0.00167. The second-order valence-electron chi connectivity index (χ2n) is 2.45. The molecule has 0 aromatic heterocycles. The van der Waals surface area contributed by atoms with Gasteiger partial charge in [0.15, 0.2) is 0 Å². The van der Waals surface area contributed by atoms with Crippen LogP contribution in [0.4, 0.5) is 0 Å². The minimum atomic E-state index is -0.847. The SMILES string of the molecule is C[C@H](NC[C@@H](C)N)C(=O)O. The number of nitrogens with one attached hydrogen (secondary N) is 1. The molecule has 0 saturated carbocycles. The van der Waals surface area contributed by atoms with Crippen LogP contribution in [-0.4, -0.2) is 29.7 Å². The van der Waals surface area contributed by atoms with E-state index in [9.17, 15) is 4.79 Å². The van der Waals surface area contributed by atoms with E-state index < -0.39 is 12.0 Å². The zero-order valence-electron chi connectivity index (χ0n) is 6.29. The highest BCUT2D eigenvalue weighted by atomic mass is 16.4. The molecule has 0 spiro atoms. The van der Waals surface area contributed by atoms with Crippen LogP contribution in [0.25, 0.3) is 0 Å². The molecule has 0 aromatic carbocycles. The van der Waals surface area contributed by atoms with Gasteiger partial charge in [-0.1, -0.05) is 0 Å². The molecule has 0 saturated heterocycles. The van der Waals surface area contributed by atoms with Gasteiger partial charge in [0.1, 0.15) is 6.04 Å². The number of aliphatic carboxylic acids is 1. The van der Waals surface area contributed by atoms with Gasteiger partial charge in [0.05, 0.1) is 0 Å². The standard InChI is InChI=1S/C6H14N2O2/c1-4(7)3-8-5(2)6(9)10/h4-5,8H,3,7H2,1-2H3,(H,9,10)/t4-,5+/m1/s1. The first-order chi connectivity index (χ1) is 4.54. The highest BCUT2D eigenvalue weighted by molar-refractivity contribution is 5.72. The lowest BCUT2D eigenvalue weighted by Gasteiger charge is -2.10. The third-order valence-corrected chi connectivity index (χ3v) is 1.12. The highest BCUT2D eigenvalue weighted by Crippen LogP contribution is 1.80. The van der Waals surface area contributed by atoms with Gasteiger partial charge in [-0.25, -0.2) is 0 Å². The number of hydrogen-bond donors (Lipinski definition) is 3. The highest BCUT2D eigenvalue weighted by Gasteiger charge is 2.08. The van der Waals surface area contributed by atoms with Gasteiger partial charge in [-0.05, 0) is 13.8 Å². The van der Waals surface area contributed by atoms with E-state index in [4.69, 9.17) is 10.8 Å². The molecule has 0 radical (unpaired) electrons. The molecule has 2 atom stereocenters. The summed E-state index contributed by atoms with van der Waals surface area (Å²) in [6, 6.07) is -0.507. The summed E-state index contributed by atoms with van der Waals surface area (Å²) in [6.45, 7) is 3.94. The maximum Gasteiger partial charge on any atom is 0.320 e. The fraction of sp³-hybridized carbons (Fsp3) is 0.833. The molecule has 0 aliphatic heterocycles. The van der Waals surface area contributed by atoms with Crippen LogP contribution in [0.1, 0.15) is 13.8 Å². The maximum absolute atomic E-state index is 10.2. The predicted octanol–water partition coefficient (Wildman–Crippen LogP) is -0.604. The number of carbonyl (C=O) groups is 1. The molecule has 0 aliphatic rings. The van der Waals surface area contributed by atoms with Crippen molar-refractivity contribution in [3.05, 3.63) is 0 Å². The quantitative estimate of drug-likeness (QED) is 0.495. The molecule has 0 fully saturated rings. The first-order valence-electron chi connectivity index (χ1n) is 3.25. The summed E-state index contributed by atoms with van der Waals surface area (Å²) in [7, 11) is 0. The molecule has 4 nitrogen and oxygen atoms in total. The molecular formula is C6H14N2O2. The van der Waals surface area contributed by atoms with E-state index in [0.29, 0.717) is 6.54 Å². The van der Waals surface area contributed by atoms with Crippen molar-refractivity contribution in [2.45, 2.75) is 25.9 Å². The van der Waals surface area contributed by atoms with E-state index in [1.165, 1.54) is 0 Å². The molecule has 4 heteroatoms. The van der Waals surface area contributed by atoms with Crippen molar-refractivity contribution < 1.29 is 9.90 Å². The molecule has 0 aliphatic carbocycles. The Bertz CT molecular complexity index is 114. The van der Waals surface area contributed by atoms with E-state index in [2.05, 4.69) is 5.32 Å². The third kappa shape index (κ3) is 4.29. The van der Waals surface area contributed by atoms with Crippen LogP contribution in [0, 0.1) is 0 Å². The van der Waals surface area contributed by atoms with Gasteiger partial charge in [-0.15, -0.1) is 0 Å². The molecule has 0 amide bonds. The summed E-state index contributed by atoms with van der Waals surface area (Å²) in [5.74, 6) is -0.847. The zero-order valence-corrected chi connectivity index (χ0v) is 6.29. The summed E-state index contributed by atoms with van der Waals surface area (Å²) in [6.07, 6.45) is 0. The minimum Gasteiger partial charge on any atom is -0.480 e. The first-order valence-corrected chi connectivity index (χ1v) is 3.25. The summed E-state index contributed by atoms with van der Waals surface area (Å²) in [5, 5.41) is 11.1. The number of rotatable bonds is 4. The fourth-order valence-corrected chi connectivity index (χ4v) is 0.450. The van der Waals surface area contributed by atoms with Gasteiger partial charge < -0.3 is 16.2 Å². The zero-order chi connectivity index (χ0) is 8.15. The normalized spacial score (nSPS) is 16.3. The summed E-state index contributed by atoms with van der Waals surface area (Å²) >= 11 is 0. The number of carboxylic acid groups (broad SMARTS) is 1. The number of hydrogen-bond acceptors (Lipinski definition) is 3. The molecule has 0 aromatic rings. The second kappa shape index (κ2) is 4.24. The van der Waals surface area contributed by atoms with E-state index in [1.807, 2.05) is 6.92 Å². The predicted molar refractivity (Wildman–Crippen MR) is 38.7 cm³/mol. The van der Waals surface area contributed by atoms with Crippen LogP contribution in [0.2, 0.25) is 0 Å². The molecule has 0 unspecified atom stereocenters. The molecule has 0 heterocycles. The number of nitrogens with two attached hydrogens (primary N) is 1. The van der Waals surface area contributed by atoms with Crippen LogP contribution in [-0.2, 0) is 4.79 Å². The topological polar surface area (TPSA) is 75.3 Å². The molecule has 0 rings (SSSR count). The van der Waals surface area contributed by atoms with E-state index in [-0.39, 0.29) is 6.04 Å². The molecule has 60 valence electrons. The van der Waals surface area contributed by atoms with Gasteiger partial charge in [-0.2, -0.15) is 0 Å². The first kappa shape index (κ1) is 9.39. The monoisotopic (exact) mass is 146 g/mol. The van der Waals surface area contributed by atoms with Crippen LogP contribution >= 0.6 is 0 Å². The van der Waals surface area contributed by atoms with Crippen LogP contribution in [0.3, 0.4) is 0 Å². The van der Waals surface area contributed by atoms with Crippen molar-refractivity contribution in [2.75, 3.05) is 6.54 Å². The number of carboxylic acids is 1. The largest absolute Gasteiger partial charge is 0.480 e. The van der Waals surface area contributed by atoms with E-state index in [1.54, 1.807) is 6.92 Å². The lowest BCUT2D eigenvalue weighted by atomic mass is 10.3. The van der Waals surface area contributed by atoms with Gasteiger partial charge in [0.25, 0.3) is 0 Å². The molecular weight excluding hydrogens is 132 g/mol. The Morgan fingerprint density at radius 1 is 1.70 bits per heavy atom. The van der Waals surface area contributed by atoms with Crippen molar-refractivity contribution in [1.29, 1.82) is 0 Å². The van der Waals surface area contributed by atoms with Crippen molar-refractivity contribution in [1.82, 2.24) is 5.32 Å². The van der Waals surface area contributed by atoms with Crippen molar-refractivity contribution >= 4 is 5.97 Å².